The summed E-state index contributed by atoms with van der Waals surface area (Å²) in [5.74, 6) is 0.307. The Balaban J connectivity index is 1.49. The van der Waals surface area contributed by atoms with Crippen LogP contribution in [0, 0.1) is 0 Å². The van der Waals surface area contributed by atoms with Gasteiger partial charge in [-0.3, -0.25) is 14.7 Å². The highest BCUT2D eigenvalue weighted by molar-refractivity contribution is 7.09. The zero-order valence-corrected chi connectivity index (χ0v) is 13.9. The van der Waals surface area contributed by atoms with E-state index < -0.39 is 0 Å². The second-order valence-corrected chi connectivity index (χ2v) is 7.42. The van der Waals surface area contributed by atoms with Crippen molar-refractivity contribution < 1.29 is 4.79 Å². The second-order valence-electron chi connectivity index (χ2n) is 6.39. The van der Waals surface area contributed by atoms with Crippen LogP contribution in [-0.4, -0.2) is 39.3 Å². The molecule has 0 aromatic carbocycles. The third kappa shape index (κ3) is 3.03. The third-order valence-electron chi connectivity index (χ3n) is 5.04. The minimum absolute atomic E-state index is 0.307. The lowest BCUT2D eigenvalue weighted by Gasteiger charge is -2.40. The fraction of sp³-hybridized carbons (Fsp3) is 0.444. The van der Waals surface area contributed by atoms with E-state index in [-0.39, 0.29) is 0 Å². The van der Waals surface area contributed by atoms with Gasteiger partial charge in [-0.05, 0) is 42.0 Å². The highest BCUT2D eigenvalue weighted by Crippen LogP contribution is 2.33. The quantitative estimate of drug-likeness (QED) is 0.866. The minimum Gasteiger partial charge on any atom is -0.334 e. The molecule has 0 spiro atoms. The Bertz CT molecular complexity index is 658. The maximum atomic E-state index is 12.5. The van der Waals surface area contributed by atoms with Crippen molar-refractivity contribution in [3.63, 3.8) is 0 Å². The summed E-state index contributed by atoms with van der Waals surface area (Å²) in [5, 5.41) is 2.14. The molecule has 5 heteroatoms. The van der Waals surface area contributed by atoms with Crippen LogP contribution in [0.3, 0.4) is 0 Å². The van der Waals surface area contributed by atoms with Crippen LogP contribution >= 0.6 is 11.3 Å². The summed E-state index contributed by atoms with van der Waals surface area (Å²) in [4.78, 5) is 22.6. The van der Waals surface area contributed by atoms with Gasteiger partial charge in [0, 0.05) is 55.4 Å². The number of rotatable bonds is 4. The molecule has 2 aliphatic rings. The van der Waals surface area contributed by atoms with Crippen LogP contribution in [0.25, 0.3) is 0 Å². The molecule has 2 aromatic heterocycles. The van der Waals surface area contributed by atoms with E-state index in [2.05, 4.69) is 32.3 Å². The van der Waals surface area contributed by atoms with E-state index in [0.717, 1.165) is 32.5 Å². The number of pyridine rings is 1. The standard InChI is InChI=1S/C18H21N3OS/c22-18-4-3-16-17(21(18)12-14-5-8-19-9-6-14)7-10-20(16)13-15-2-1-11-23-15/h1-2,5-6,8-9,11,16-17H,3-4,7,10,12-13H2/t16-,17-/m0/s1. The smallest absolute Gasteiger partial charge is 0.223 e. The molecule has 0 bridgehead atoms. The highest BCUT2D eigenvalue weighted by atomic mass is 32.1. The van der Waals surface area contributed by atoms with E-state index in [9.17, 15) is 4.79 Å². The molecular formula is C18H21N3OS. The molecule has 0 aliphatic carbocycles. The van der Waals surface area contributed by atoms with Crippen molar-refractivity contribution in [2.24, 2.45) is 0 Å². The number of likely N-dealkylation sites (tertiary alicyclic amines) is 2. The van der Waals surface area contributed by atoms with Gasteiger partial charge in [0.1, 0.15) is 0 Å². The maximum Gasteiger partial charge on any atom is 0.223 e. The van der Waals surface area contributed by atoms with E-state index in [0.29, 0.717) is 24.4 Å². The number of nitrogens with zero attached hydrogens (tertiary/aromatic N) is 3. The molecule has 0 radical (unpaired) electrons. The first-order valence-corrected chi connectivity index (χ1v) is 9.14. The zero-order chi connectivity index (χ0) is 15.6. The number of thiophene rings is 1. The van der Waals surface area contributed by atoms with Crippen LogP contribution < -0.4 is 0 Å². The van der Waals surface area contributed by atoms with Crippen molar-refractivity contribution in [3.05, 3.63) is 52.5 Å². The molecule has 0 saturated carbocycles. The summed E-state index contributed by atoms with van der Waals surface area (Å²) < 4.78 is 0. The van der Waals surface area contributed by atoms with E-state index in [4.69, 9.17) is 0 Å². The summed E-state index contributed by atoms with van der Waals surface area (Å²) in [6.07, 6.45) is 6.37. The van der Waals surface area contributed by atoms with Crippen LogP contribution in [0.15, 0.2) is 42.0 Å². The largest absolute Gasteiger partial charge is 0.334 e. The molecular weight excluding hydrogens is 306 g/mol. The lowest BCUT2D eigenvalue weighted by molar-refractivity contribution is -0.138. The molecule has 4 heterocycles. The Morgan fingerprint density at radius 3 is 2.78 bits per heavy atom. The molecule has 4 nitrogen and oxygen atoms in total. The Labute approximate surface area is 140 Å². The molecule has 4 rings (SSSR count). The second kappa shape index (κ2) is 6.42. The van der Waals surface area contributed by atoms with Crippen molar-refractivity contribution in [3.8, 4) is 0 Å². The summed E-state index contributed by atoms with van der Waals surface area (Å²) in [7, 11) is 0. The first-order chi connectivity index (χ1) is 11.3. The Morgan fingerprint density at radius 2 is 2.00 bits per heavy atom. The van der Waals surface area contributed by atoms with E-state index in [1.54, 1.807) is 12.4 Å². The number of hydrogen-bond donors (Lipinski definition) is 0. The molecule has 2 aromatic rings. The van der Waals surface area contributed by atoms with Gasteiger partial charge in [0.15, 0.2) is 0 Å². The fourth-order valence-corrected chi connectivity index (χ4v) is 4.66. The van der Waals surface area contributed by atoms with E-state index in [1.165, 1.54) is 10.4 Å². The predicted octanol–water partition coefficient (Wildman–Crippen LogP) is 2.91. The van der Waals surface area contributed by atoms with Crippen molar-refractivity contribution in [2.45, 2.75) is 44.4 Å². The van der Waals surface area contributed by atoms with Crippen molar-refractivity contribution in [2.75, 3.05) is 6.54 Å². The number of hydrogen-bond acceptors (Lipinski definition) is 4. The molecule has 23 heavy (non-hydrogen) atoms. The maximum absolute atomic E-state index is 12.5. The fourth-order valence-electron chi connectivity index (χ4n) is 3.93. The van der Waals surface area contributed by atoms with E-state index in [1.807, 2.05) is 23.5 Å². The van der Waals surface area contributed by atoms with Crippen molar-refractivity contribution in [1.82, 2.24) is 14.8 Å². The van der Waals surface area contributed by atoms with Gasteiger partial charge in [-0.1, -0.05) is 6.07 Å². The minimum atomic E-state index is 0.307. The number of amides is 1. The van der Waals surface area contributed by atoms with Gasteiger partial charge < -0.3 is 4.90 Å². The van der Waals surface area contributed by atoms with Gasteiger partial charge in [0.25, 0.3) is 0 Å². The first kappa shape index (κ1) is 14.8. The van der Waals surface area contributed by atoms with E-state index >= 15 is 0 Å². The van der Waals surface area contributed by atoms with Gasteiger partial charge >= 0.3 is 0 Å². The van der Waals surface area contributed by atoms with Gasteiger partial charge in [-0.25, -0.2) is 0 Å². The number of carbonyl (C=O) groups excluding carboxylic acids is 1. The number of fused-ring (bicyclic) bond motifs is 1. The summed E-state index contributed by atoms with van der Waals surface area (Å²) in [5.41, 5.74) is 1.17. The molecule has 0 unspecified atom stereocenters. The van der Waals surface area contributed by atoms with Crippen molar-refractivity contribution >= 4 is 17.2 Å². The Kier molecular flexibility index (Phi) is 4.14. The highest BCUT2D eigenvalue weighted by Gasteiger charge is 2.42. The van der Waals surface area contributed by atoms with Gasteiger partial charge in [-0.2, -0.15) is 0 Å². The number of aromatic nitrogens is 1. The van der Waals surface area contributed by atoms with Crippen LogP contribution in [0.2, 0.25) is 0 Å². The monoisotopic (exact) mass is 327 g/mol. The summed E-state index contributed by atoms with van der Waals surface area (Å²) >= 11 is 1.82. The molecule has 120 valence electrons. The number of carbonyl (C=O) groups is 1. The Morgan fingerprint density at radius 1 is 1.13 bits per heavy atom. The SMILES string of the molecule is O=C1CC[C@H]2[C@H](CCN2Cc2cccs2)N1Cc1ccncc1. The van der Waals surface area contributed by atoms with Gasteiger partial charge in [0.05, 0.1) is 0 Å². The van der Waals surface area contributed by atoms with Crippen molar-refractivity contribution in [1.29, 1.82) is 0 Å². The van der Waals surface area contributed by atoms with Gasteiger partial charge in [-0.15, -0.1) is 11.3 Å². The van der Waals surface area contributed by atoms with Crippen LogP contribution in [-0.2, 0) is 17.9 Å². The van der Waals surface area contributed by atoms with Crippen LogP contribution in [0.1, 0.15) is 29.7 Å². The third-order valence-corrected chi connectivity index (χ3v) is 5.90. The Hall–Kier alpha value is -1.72. The molecule has 1 amide bonds. The molecule has 2 saturated heterocycles. The predicted molar refractivity (Wildman–Crippen MR) is 90.9 cm³/mol. The van der Waals surface area contributed by atoms with Crippen LogP contribution in [0.5, 0.6) is 0 Å². The zero-order valence-electron chi connectivity index (χ0n) is 13.1. The molecule has 2 fully saturated rings. The number of piperidine rings is 1. The average molecular weight is 327 g/mol. The van der Waals surface area contributed by atoms with Gasteiger partial charge in [0.2, 0.25) is 5.91 Å². The average Bonchev–Trinajstić information content (AvgIpc) is 3.22. The topological polar surface area (TPSA) is 36.4 Å². The summed E-state index contributed by atoms with van der Waals surface area (Å²) in [6, 6.07) is 9.22. The lowest BCUT2D eigenvalue weighted by Crippen LogP contribution is -2.51. The first-order valence-electron chi connectivity index (χ1n) is 8.26. The summed E-state index contributed by atoms with van der Waals surface area (Å²) in [6.45, 7) is 2.83. The molecule has 2 atom stereocenters. The van der Waals surface area contributed by atoms with Crippen LogP contribution in [0.4, 0.5) is 0 Å². The lowest BCUT2D eigenvalue weighted by atomic mass is 9.95. The molecule has 0 N–H and O–H groups in total. The molecule has 2 aliphatic heterocycles. The normalized spacial score (nSPS) is 24.9.